The predicted molar refractivity (Wildman–Crippen MR) is 69.0 cm³/mol. The van der Waals surface area contributed by atoms with Crippen molar-refractivity contribution in [1.29, 1.82) is 0 Å². The van der Waals surface area contributed by atoms with E-state index in [4.69, 9.17) is 10.5 Å². The van der Waals surface area contributed by atoms with Crippen molar-refractivity contribution in [3.05, 3.63) is 18.2 Å². The lowest BCUT2D eigenvalue weighted by Crippen LogP contribution is -2.41. The number of aromatic amines is 1. The number of rotatable bonds is 9. The molecule has 0 radical (unpaired) electrons. The van der Waals surface area contributed by atoms with Crippen molar-refractivity contribution in [2.24, 2.45) is 5.73 Å². The van der Waals surface area contributed by atoms with Crippen LogP contribution in [0.4, 0.5) is 0 Å². The fourth-order valence-electron chi connectivity index (χ4n) is 1.61. The molecule has 1 heterocycles. The van der Waals surface area contributed by atoms with Crippen molar-refractivity contribution in [3.63, 3.8) is 0 Å². The molecule has 0 aliphatic heterocycles. The van der Waals surface area contributed by atoms with Gasteiger partial charge in [0.2, 0.25) is 5.91 Å². The van der Waals surface area contributed by atoms with E-state index in [1.807, 2.05) is 0 Å². The van der Waals surface area contributed by atoms with Gasteiger partial charge in [0.1, 0.15) is 5.82 Å². The Morgan fingerprint density at radius 1 is 1.61 bits per heavy atom. The molecule has 1 atom stereocenters. The summed E-state index contributed by atoms with van der Waals surface area (Å²) in [6.07, 6.45) is 6.64. The minimum Gasteiger partial charge on any atom is -0.385 e. The van der Waals surface area contributed by atoms with Crippen LogP contribution >= 0.6 is 0 Å². The van der Waals surface area contributed by atoms with Gasteiger partial charge in [-0.3, -0.25) is 4.79 Å². The maximum Gasteiger partial charge on any atom is 0.236 e. The summed E-state index contributed by atoms with van der Waals surface area (Å²) in [5.74, 6) is 0.846. The van der Waals surface area contributed by atoms with Crippen LogP contribution in [0.5, 0.6) is 0 Å². The van der Waals surface area contributed by atoms with Crippen LogP contribution in [0.3, 0.4) is 0 Å². The minimum atomic E-state index is -0.441. The van der Waals surface area contributed by atoms with Crippen molar-refractivity contribution in [3.8, 4) is 0 Å². The van der Waals surface area contributed by atoms with Crippen LogP contribution in [-0.4, -0.2) is 42.2 Å². The molecular weight excluding hydrogens is 232 g/mol. The third-order valence-electron chi connectivity index (χ3n) is 2.64. The highest BCUT2D eigenvalue weighted by molar-refractivity contribution is 5.81. The van der Waals surface area contributed by atoms with Gasteiger partial charge in [0.05, 0.1) is 6.04 Å². The highest BCUT2D eigenvalue weighted by atomic mass is 16.5. The Hall–Kier alpha value is -1.40. The molecule has 0 saturated heterocycles. The number of nitrogens with zero attached hydrogens (tertiary/aromatic N) is 1. The molecule has 0 spiro atoms. The van der Waals surface area contributed by atoms with Crippen molar-refractivity contribution < 1.29 is 9.53 Å². The number of nitrogens with two attached hydrogens (primary N) is 1. The fourth-order valence-corrected chi connectivity index (χ4v) is 1.61. The molecule has 1 amide bonds. The van der Waals surface area contributed by atoms with Gasteiger partial charge in [-0.2, -0.15) is 0 Å². The first-order valence-corrected chi connectivity index (χ1v) is 6.24. The lowest BCUT2D eigenvalue weighted by Gasteiger charge is -2.11. The Morgan fingerprint density at radius 2 is 2.44 bits per heavy atom. The van der Waals surface area contributed by atoms with Gasteiger partial charge in [-0.25, -0.2) is 4.98 Å². The Bertz CT molecular complexity index is 327. The van der Waals surface area contributed by atoms with Crippen LogP contribution in [0.25, 0.3) is 0 Å². The van der Waals surface area contributed by atoms with Crippen LogP contribution < -0.4 is 11.1 Å². The summed E-state index contributed by atoms with van der Waals surface area (Å²) < 4.78 is 4.91. The zero-order valence-electron chi connectivity index (χ0n) is 10.8. The standard InChI is InChI=1S/C12H22N4O2/c1-18-9-3-4-10(13)12(17)16-6-2-5-11-14-7-8-15-11/h7-8,10H,2-6,9,13H2,1H3,(H,14,15)(H,16,17). The van der Waals surface area contributed by atoms with Crippen molar-refractivity contribution in [1.82, 2.24) is 15.3 Å². The molecule has 102 valence electrons. The summed E-state index contributed by atoms with van der Waals surface area (Å²) in [6.45, 7) is 1.26. The van der Waals surface area contributed by atoms with E-state index in [0.717, 1.165) is 25.1 Å². The zero-order chi connectivity index (χ0) is 13.2. The molecule has 0 aliphatic carbocycles. The third kappa shape index (κ3) is 5.79. The Kier molecular flexibility index (Phi) is 7.05. The highest BCUT2D eigenvalue weighted by Crippen LogP contribution is 1.96. The summed E-state index contributed by atoms with van der Waals surface area (Å²) in [5, 5.41) is 2.83. The number of imidazole rings is 1. The van der Waals surface area contributed by atoms with Gasteiger partial charge in [-0.15, -0.1) is 0 Å². The molecule has 1 unspecified atom stereocenters. The summed E-state index contributed by atoms with van der Waals surface area (Å²) >= 11 is 0. The number of nitrogens with one attached hydrogen (secondary N) is 2. The van der Waals surface area contributed by atoms with E-state index in [1.54, 1.807) is 19.5 Å². The second-order valence-electron chi connectivity index (χ2n) is 4.17. The largest absolute Gasteiger partial charge is 0.385 e. The number of methoxy groups -OCH3 is 1. The van der Waals surface area contributed by atoms with E-state index in [0.29, 0.717) is 19.6 Å². The molecule has 4 N–H and O–H groups in total. The second-order valence-corrected chi connectivity index (χ2v) is 4.17. The molecule has 0 bridgehead atoms. The van der Waals surface area contributed by atoms with Gasteiger partial charge >= 0.3 is 0 Å². The Morgan fingerprint density at radius 3 is 3.11 bits per heavy atom. The van der Waals surface area contributed by atoms with Gasteiger partial charge in [-0.1, -0.05) is 0 Å². The Labute approximate surface area is 107 Å². The van der Waals surface area contributed by atoms with Gasteiger partial charge in [0.15, 0.2) is 0 Å². The summed E-state index contributed by atoms with van der Waals surface area (Å²) in [6, 6.07) is -0.441. The number of hydrogen-bond donors (Lipinski definition) is 3. The van der Waals surface area contributed by atoms with Crippen molar-refractivity contribution >= 4 is 5.91 Å². The van der Waals surface area contributed by atoms with Crippen LogP contribution in [0.15, 0.2) is 12.4 Å². The molecule has 0 aromatic carbocycles. The molecule has 6 nitrogen and oxygen atoms in total. The molecule has 1 aromatic rings. The Balaban J connectivity index is 2.05. The molecule has 6 heteroatoms. The van der Waals surface area contributed by atoms with E-state index in [-0.39, 0.29) is 5.91 Å². The summed E-state index contributed by atoms with van der Waals surface area (Å²) in [5.41, 5.74) is 5.75. The summed E-state index contributed by atoms with van der Waals surface area (Å²) in [4.78, 5) is 18.7. The van der Waals surface area contributed by atoms with Gasteiger partial charge in [0.25, 0.3) is 0 Å². The first kappa shape index (κ1) is 14.7. The smallest absolute Gasteiger partial charge is 0.236 e. The van der Waals surface area contributed by atoms with Crippen LogP contribution in [0.2, 0.25) is 0 Å². The third-order valence-corrected chi connectivity index (χ3v) is 2.64. The first-order chi connectivity index (χ1) is 8.74. The van der Waals surface area contributed by atoms with Gasteiger partial charge < -0.3 is 20.8 Å². The SMILES string of the molecule is COCCCC(N)C(=O)NCCCc1ncc[nH]1. The van der Waals surface area contributed by atoms with Crippen molar-refractivity contribution in [2.45, 2.75) is 31.7 Å². The monoisotopic (exact) mass is 254 g/mol. The quantitative estimate of drug-likeness (QED) is 0.549. The van der Waals surface area contributed by atoms with Crippen LogP contribution in [0.1, 0.15) is 25.1 Å². The number of amides is 1. The molecule has 0 aliphatic rings. The van der Waals surface area contributed by atoms with E-state index in [2.05, 4.69) is 15.3 Å². The van der Waals surface area contributed by atoms with Gasteiger partial charge in [-0.05, 0) is 19.3 Å². The van der Waals surface area contributed by atoms with E-state index in [9.17, 15) is 4.79 Å². The number of carbonyl (C=O) groups is 1. The average Bonchev–Trinajstić information content (AvgIpc) is 2.87. The number of H-pyrrole nitrogens is 1. The molecule has 1 rings (SSSR count). The molecule has 0 fully saturated rings. The fraction of sp³-hybridized carbons (Fsp3) is 0.667. The van der Waals surface area contributed by atoms with E-state index in [1.165, 1.54) is 0 Å². The van der Waals surface area contributed by atoms with Crippen LogP contribution in [0, 0.1) is 0 Å². The maximum absolute atomic E-state index is 11.6. The summed E-state index contributed by atoms with van der Waals surface area (Å²) in [7, 11) is 1.64. The second kappa shape index (κ2) is 8.66. The highest BCUT2D eigenvalue weighted by Gasteiger charge is 2.11. The number of ether oxygens (including phenoxy) is 1. The number of aryl methyl sites for hydroxylation is 1. The lowest BCUT2D eigenvalue weighted by atomic mass is 10.1. The topological polar surface area (TPSA) is 93.0 Å². The number of carbonyl (C=O) groups excluding carboxylic acids is 1. The lowest BCUT2D eigenvalue weighted by molar-refractivity contribution is -0.122. The van der Waals surface area contributed by atoms with Gasteiger partial charge in [0, 0.05) is 39.1 Å². The first-order valence-electron chi connectivity index (χ1n) is 6.24. The molecule has 0 saturated carbocycles. The van der Waals surface area contributed by atoms with E-state index < -0.39 is 6.04 Å². The molecular formula is C12H22N4O2. The number of aromatic nitrogens is 2. The van der Waals surface area contributed by atoms with Crippen LogP contribution in [-0.2, 0) is 16.0 Å². The number of hydrogen-bond acceptors (Lipinski definition) is 4. The maximum atomic E-state index is 11.6. The normalized spacial score (nSPS) is 12.3. The zero-order valence-corrected chi connectivity index (χ0v) is 10.8. The molecule has 18 heavy (non-hydrogen) atoms. The molecule has 1 aromatic heterocycles. The predicted octanol–water partition coefficient (Wildman–Crippen LogP) is 0.212. The van der Waals surface area contributed by atoms with E-state index >= 15 is 0 Å². The minimum absolute atomic E-state index is 0.0921. The van der Waals surface area contributed by atoms with Crippen molar-refractivity contribution in [2.75, 3.05) is 20.3 Å². The average molecular weight is 254 g/mol.